The molecule has 5 nitrogen and oxygen atoms in total. The lowest BCUT2D eigenvalue weighted by Crippen LogP contribution is -2.33. The zero-order chi connectivity index (χ0) is 11.1. The standard InChI is InChI=1S/C10H17N3O2/c11-13(6-8-15)10-3-1-9(2-4-10)12-5-7-14/h1-4,12,14-15H,5-8,11H2. The average molecular weight is 211 g/mol. The van der Waals surface area contributed by atoms with Gasteiger partial charge in [0.1, 0.15) is 0 Å². The average Bonchev–Trinajstić information content (AvgIpc) is 2.27. The number of anilines is 2. The molecule has 0 saturated heterocycles. The first-order valence-corrected chi connectivity index (χ1v) is 4.86. The molecule has 84 valence electrons. The molecule has 0 fully saturated rings. The summed E-state index contributed by atoms with van der Waals surface area (Å²) in [6, 6.07) is 7.47. The highest BCUT2D eigenvalue weighted by Gasteiger charge is 1.99. The van der Waals surface area contributed by atoms with E-state index in [0.29, 0.717) is 13.1 Å². The molecule has 15 heavy (non-hydrogen) atoms. The largest absolute Gasteiger partial charge is 0.395 e. The number of hydrogen-bond acceptors (Lipinski definition) is 5. The summed E-state index contributed by atoms with van der Waals surface area (Å²) in [4.78, 5) is 0. The molecule has 1 aromatic carbocycles. The Bertz CT molecular complexity index is 277. The molecule has 0 aliphatic rings. The summed E-state index contributed by atoms with van der Waals surface area (Å²) >= 11 is 0. The van der Waals surface area contributed by atoms with Crippen molar-refractivity contribution in [1.82, 2.24) is 0 Å². The summed E-state index contributed by atoms with van der Waals surface area (Å²) in [7, 11) is 0. The number of aliphatic hydroxyl groups is 2. The van der Waals surface area contributed by atoms with Gasteiger partial charge in [-0.25, -0.2) is 5.84 Å². The lowest BCUT2D eigenvalue weighted by molar-refractivity contribution is 0.302. The maximum absolute atomic E-state index is 8.71. The van der Waals surface area contributed by atoms with E-state index in [1.54, 1.807) is 0 Å². The van der Waals surface area contributed by atoms with E-state index in [1.807, 2.05) is 24.3 Å². The van der Waals surface area contributed by atoms with Crippen molar-refractivity contribution in [2.24, 2.45) is 5.84 Å². The molecule has 5 N–H and O–H groups in total. The molecule has 0 saturated carbocycles. The topological polar surface area (TPSA) is 81.8 Å². The maximum atomic E-state index is 8.71. The van der Waals surface area contributed by atoms with Gasteiger partial charge in [0.25, 0.3) is 0 Å². The maximum Gasteiger partial charge on any atom is 0.0622 e. The predicted octanol–water partition coefficient (Wildman–Crippen LogP) is -0.237. The third-order valence-electron chi connectivity index (χ3n) is 1.98. The molecule has 0 aliphatic carbocycles. The van der Waals surface area contributed by atoms with Crippen molar-refractivity contribution in [1.29, 1.82) is 0 Å². The van der Waals surface area contributed by atoms with Crippen LogP contribution in [0.2, 0.25) is 0 Å². The van der Waals surface area contributed by atoms with Crippen molar-refractivity contribution in [3.8, 4) is 0 Å². The molecular formula is C10H17N3O2. The summed E-state index contributed by atoms with van der Waals surface area (Å²) < 4.78 is 0. The number of nitrogens with zero attached hydrogens (tertiary/aromatic N) is 1. The monoisotopic (exact) mass is 211 g/mol. The van der Waals surface area contributed by atoms with Gasteiger partial charge in [-0.1, -0.05) is 0 Å². The normalized spacial score (nSPS) is 10.1. The van der Waals surface area contributed by atoms with E-state index in [4.69, 9.17) is 16.1 Å². The fourth-order valence-electron chi connectivity index (χ4n) is 1.21. The lowest BCUT2D eigenvalue weighted by Gasteiger charge is -2.17. The van der Waals surface area contributed by atoms with Crippen molar-refractivity contribution >= 4 is 11.4 Å². The number of aliphatic hydroxyl groups excluding tert-OH is 2. The van der Waals surface area contributed by atoms with Crippen LogP contribution in [0.5, 0.6) is 0 Å². The zero-order valence-electron chi connectivity index (χ0n) is 8.56. The fourth-order valence-corrected chi connectivity index (χ4v) is 1.21. The third kappa shape index (κ3) is 3.75. The van der Waals surface area contributed by atoms with Gasteiger partial charge in [-0.3, -0.25) is 0 Å². The Morgan fingerprint density at radius 1 is 1.13 bits per heavy atom. The van der Waals surface area contributed by atoms with Gasteiger partial charge in [-0.15, -0.1) is 0 Å². The smallest absolute Gasteiger partial charge is 0.0622 e. The van der Waals surface area contributed by atoms with Crippen LogP contribution in [0.3, 0.4) is 0 Å². The first-order valence-electron chi connectivity index (χ1n) is 4.86. The second kappa shape index (κ2) is 6.23. The van der Waals surface area contributed by atoms with Gasteiger partial charge >= 0.3 is 0 Å². The van der Waals surface area contributed by atoms with Crippen molar-refractivity contribution in [3.63, 3.8) is 0 Å². The number of nitrogens with two attached hydrogens (primary N) is 1. The molecule has 0 spiro atoms. The van der Waals surface area contributed by atoms with Crippen LogP contribution in [0.15, 0.2) is 24.3 Å². The molecule has 0 heterocycles. The van der Waals surface area contributed by atoms with Crippen LogP contribution >= 0.6 is 0 Å². The van der Waals surface area contributed by atoms with Gasteiger partial charge in [0, 0.05) is 12.2 Å². The van der Waals surface area contributed by atoms with Crippen molar-refractivity contribution in [3.05, 3.63) is 24.3 Å². The van der Waals surface area contributed by atoms with Crippen LogP contribution < -0.4 is 16.2 Å². The summed E-state index contributed by atoms with van der Waals surface area (Å²) in [6.07, 6.45) is 0. The summed E-state index contributed by atoms with van der Waals surface area (Å²) in [5.41, 5.74) is 1.78. The van der Waals surface area contributed by atoms with Gasteiger partial charge in [0.2, 0.25) is 0 Å². The Morgan fingerprint density at radius 2 is 1.80 bits per heavy atom. The van der Waals surface area contributed by atoms with Crippen LogP contribution in [0.1, 0.15) is 0 Å². The van der Waals surface area contributed by atoms with Crippen LogP contribution in [-0.4, -0.2) is 36.5 Å². The Balaban J connectivity index is 2.55. The highest BCUT2D eigenvalue weighted by molar-refractivity contribution is 5.54. The molecular weight excluding hydrogens is 194 g/mol. The van der Waals surface area contributed by atoms with Crippen LogP contribution in [0, 0.1) is 0 Å². The van der Waals surface area contributed by atoms with Gasteiger partial charge in [0.05, 0.1) is 25.4 Å². The summed E-state index contributed by atoms with van der Waals surface area (Å²) in [6.45, 7) is 1.07. The SMILES string of the molecule is NN(CCO)c1ccc(NCCO)cc1. The number of hydrogen-bond donors (Lipinski definition) is 4. The van der Waals surface area contributed by atoms with E-state index in [0.717, 1.165) is 11.4 Å². The minimum atomic E-state index is 0.0288. The Kier molecular flexibility index (Phi) is 4.89. The van der Waals surface area contributed by atoms with Gasteiger partial charge in [-0.2, -0.15) is 0 Å². The van der Waals surface area contributed by atoms with Crippen LogP contribution in [0.4, 0.5) is 11.4 Å². The molecule has 1 aromatic rings. The molecule has 0 unspecified atom stereocenters. The second-order valence-electron chi connectivity index (χ2n) is 3.11. The molecule has 0 aliphatic heterocycles. The van der Waals surface area contributed by atoms with Crippen molar-refractivity contribution < 1.29 is 10.2 Å². The van der Waals surface area contributed by atoms with Crippen molar-refractivity contribution in [2.75, 3.05) is 36.6 Å². The minimum Gasteiger partial charge on any atom is -0.395 e. The molecule has 1 rings (SSSR count). The van der Waals surface area contributed by atoms with Gasteiger partial charge < -0.3 is 20.5 Å². The van der Waals surface area contributed by atoms with Crippen molar-refractivity contribution in [2.45, 2.75) is 0 Å². The first-order chi connectivity index (χ1) is 7.27. The Hall–Kier alpha value is -1.30. The minimum absolute atomic E-state index is 0.0288. The van der Waals surface area contributed by atoms with E-state index in [1.165, 1.54) is 5.01 Å². The molecule has 0 aromatic heterocycles. The second-order valence-corrected chi connectivity index (χ2v) is 3.11. The molecule has 0 bridgehead atoms. The number of nitrogens with one attached hydrogen (secondary N) is 1. The Labute approximate surface area is 89.1 Å². The quantitative estimate of drug-likeness (QED) is 0.386. The van der Waals surface area contributed by atoms with Gasteiger partial charge in [0.15, 0.2) is 0 Å². The van der Waals surface area contributed by atoms with E-state index in [-0.39, 0.29) is 13.2 Å². The highest BCUT2D eigenvalue weighted by atomic mass is 16.3. The Morgan fingerprint density at radius 3 is 2.33 bits per heavy atom. The number of rotatable bonds is 6. The number of benzene rings is 1. The predicted molar refractivity (Wildman–Crippen MR) is 60.6 cm³/mol. The van der Waals surface area contributed by atoms with Crippen LogP contribution in [-0.2, 0) is 0 Å². The van der Waals surface area contributed by atoms with E-state index in [9.17, 15) is 0 Å². The summed E-state index contributed by atoms with van der Waals surface area (Å²) in [5.74, 6) is 5.67. The molecule has 0 radical (unpaired) electrons. The van der Waals surface area contributed by atoms with E-state index in [2.05, 4.69) is 5.32 Å². The third-order valence-corrected chi connectivity index (χ3v) is 1.98. The van der Waals surface area contributed by atoms with E-state index < -0.39 is 0 Å². The van der Waals surface area contributed by atoms with E-state index >= 15 is 0 Å². The van der Waals surface area contributed by atoms with Gasteiger partial charge in [-0.05, 0) is 24.3 Å². The first kappa shape index (κ1) is 11.8. The van der Waals surface area contributed by atoms with Crippen LogP contribution in [0.25, 0.3) is 0 Å². The lowest BCUT2D eigenvalue weighted by atomic mass is 10.2. The molecule has 0 amide bonds. The zero-order valence-corrected chi connectivity index (χ0v) is 8.56. The fraction of sp³-hybridized carbons (Fsp3) is 0.400. The highest BCUT2D eigenvalue weighted by Crippen LogP contribution is 2.15. The molecule has 0 atom stereocenters. The summed E-state index contributed by atoms with van der Waals surface area (Å²) in [5, 5.41) is 21.8. The molecule has 5 heteroatoms. The number of hydrazine groups is 1.